The molecule has 4 nitrogen and oxygen atoms in total. The molecule has 7 aromatic rings. The van der Waals surface area contributed by atoms with Gasteiger partial charge in [-0.25, -0.2) is 0 Å². The number of furan rings is 1. The van der Waals surface area contributed by atoms with Crippen molar-refractivity contribution in [1.29, 1.82) is 0 Å². The van der Waals surface area contributed by atoms with Gasteiger partial charge in [0.15, 0.2) is 0 Å². The maximum Gasteiger partial charge on any atom is 0.0770 e. The summed E-state index contributed by atoms with van der Waals surface area (Å²) in [4.78, 5) is 9.24. The van der Waals surface area contributed by atoms with Gasteiger partial charge in [0.2, 0.25) is 0 Å². The predicted octanol–water partition coefficient (Wildman–Crippen LogP) is 11.6. The van der Waals surface area contributed by atoms with Crippen LogP contribution in [0.4, 0.5) is 0 Å². The number of aryl methyl sites for hydroxylation is 1. The van der Waals surface area contributed by atoms with Crippen LogP contribution in [0.25, 0.3) is 44.6 Å². The summed E-state index contributed by atoms with van der Waals surface area (Å²) >= 11 is 0. The quantitative estimate of drug-likeness (QED) is 0.143. The standard InChI is InChI=1S/C32H35N2O.C12H10N.Ir/c1-20(2)16-23-14-15-31-26(17-23)28(19-35-31)32-33-29-12-7-8-13-30(29)34(32)18-27-24(21(3)4)10-9-11-25(27)22(5)6;1-10-7-8-12(13-9-10)11-5-3-2-4-6-11;/h7-15,17,20-22H,16,18H2,1-6H3;2-5,7-9H,1H3;/q2*-1;/i;1D3;. The Kier molecular flexibility index (Phi) is 10.4. The van der Waals surface area contributed by atoms with Crippen LogP contribution < -0.4 is 0 Å². The monoisotopic (exact) mass is 827 g/mol. The molecular weight excluding hydrogens is 779 g/mol. The Morgan fingerprint density at radius 3 is 2.24 bits per heavy atom. The number of benzene rings is 4. The molecule has 0 unspecified atom stereocenters. The maximum absolute atomic E-state index is 7.23. The van der Waals surface area contributed by atoms with Crippen molar-refractivity contribution in [1.82, 2.24) is 14.5 Å². The summed E-state index contributed by atoms with van der Waals surface area (Å²) in [6, 6.07) is 35.5. The molecule has 253 valence electrons. The summed E-state index contributed by atoms with van der Waals surface area (Å²) in [5, 5.41) is 1.08. The van der Waals surface area contributed by atoms with E-state index in [1.54, 1.807) is 18.2 Å². The molecule has 0 atom stereocenters. The van der Waals surface area contributed by atoms with Gasteiger partial charge >= 0.3 is 0 Å². The molecule has 0 saturated heterocycles. The summed E-state index contributed by atoms with van der Waals surface area (Å²) in [5.41, 5.74) is 11.3. The van der Waals surface area contributed by atoms with E-state index in [4.69, 9.17) is 13.5 Å². The Bertz CT molecular complexity index is 2210. The number of para-hydroxylation sites is 2. The molecule has 0 fully saturated rings. The SMILES string of the molecule is CC(C)Cc1ccc2o[c-]c(-c3nc4ccccc4n3Cc3c(C(C)C)cccc3C(C)C)c2c1.[2H]C([2H])([2H])c1ccc(-c2[c-]cccc2)nc1.[Ir]. The summed E-state index contributed by atoms with van der Waals surface area (Å²) in [7, 11) is 0. The van der Waals surface area contributed by atoms with E-state index in [9.17, 15) is 0 Å². The molecule has 0 saturated carbocycles. The van der Waals surface area contributed by atoms with Crippen molar-refractivity contribution >= 4 is 22.0 Å². The number of hydrogen-bond donors (Lipinski definition) is 0. The second-order valence-electron chi connectivity index (χ2n) is 13.5. The molecule has 0 amide bonds. The van der Waals surface area contributed by atoms with E-state index in [1.807, 2.05) is 18.2 Å². The van der Waals surface area contributed by atoms with E-state index in [2.05, 4.69) is 124 Å². The molecular formula is C44H45IrN3O-2. The first-order chi connectivity index (χ1) is 24.4. The number of pyridine rings is 1. The van der Waals surface area contributed by atoms with Crippen LogP contribution in [0.15, 0.2) is 108 Å². The Morgan fingerprint density at radius 2 is 1.59 bits per heavy atom. The van der Waals surface area contributed by atoms with Gasteiger partial charge in [-0.05, 0) is 71.1 Å². The van der Waals surface area contributed by atoms with Gasteiger partial charge in [0.25, 0.3) is 0 Å². The molecule has 0 bridgehead atoms. The van der Waals surface area contributed by atoms with Gasteiger partial charge in [0.1, 0.15) is 0 Å². The third kappa shape index (κ3) is 8.12. The smallest absolute Gasteiger partial charge is 0.0770 e. The second kappa shape index (κ2) is 15.9. The van der Waals surface area contributed by atoms with Crippen molar-refractivity contribution in [3.05, 3.63) is 143 Å². The minimum Gasteiger partial charge on any atom is -0.557 e. The van der Waals surface area contributed by atoms with E-state index in [1.165, 1.54) is 28.5 Å². The van der Waals surface area contributed by atoms with Crippen LogP contribution in [0.5, 0.6) is 0 Å². The fraction of sp³-hybridized carbons (Fsp3) is 0.273. The molecule has 0 aliphatic heterocycles. The minimum absolute atomic E-state index is 0. The van der Waals surface area contributed by atoms with Gasteiger partial charge in [0, 0.05) is 48.8 Å². The molecule has 0 N–H and O–H groups in total. The zero-order chi connectivity index (χ0) is 36.3. The summed E-state index contributed by atoms with van der Waals surface area (Å²) in [5.74, 6) is 2.40. The number of fused-ring (bicyclic) bond motifs is 2. The number of hydrogen-bond acceptors (Lipinski definition) is 3. The largest absolute Gasteiger partial charge is 0.557 e. The predicted molar refractivity (Wildman–Crippen MR) is 199 cm³/mol. The van der Waals surface area contributed by atoms with Gasteiger partial charge in [-0.2, -0.15) is 0 Å². The topological polar surface area (TPSA) is 43.9 Å². The molecule has 4 aromatic carbocycles. The van der Waals surface area contributed by atoms with Gasteiger partial charge in [-0.15, -0.1) is 35.9 Å². The van der Waals surface area contributed by atoms with Crippen LogP contribution in [0.3, 0.4) is 0 Å². The third-order valence-electron chi connectivity index (χ3n) is 8.66. The number of rotatable bonds is 8. The number of aromatic nitrogens is 3. The normalized spacial score (nSPS) is 12.5. The molecule has 5 heteroatoms. The molecule has 49 heavy (non-hydrogen) atoms. The Morgan fingerprint density at radius 1 is 0.837 bits per heavy atom. The molecule has 0 spiro atoms. The first-order valence-electron chi connectivity index (χ1n) is 18.3. The van der Waals surface area contributed by atoms with Crippen molar-refractivity contribution < 1.29 is 28.6 Å². The van der Waals surface area contributed by atoms with Crippen molar-refractivity contribution in [2.75, 3.05) is 0 Å². The third-order valence-corrected chi connectivity index (χ3v) is 8.66. The average Bonchev–Trinajstić information content (AvgIpc) is 3.69. The molecule has 0 aliphatic rings. The zero-order valence-electron chi connectivity index (χ0n) is 32.0. The van der Waals surface area contributed by atoms with Crippen LogP contribution in [0.1, 0.15) is 85.3 Å². The summed E-state index contributed by atoms with van der Waals surface area (Å²) in [6.45, 7) is 12.3. The van der Waals surface area contributed by atoms with E-state index >= 15 is 0 Å². The van der Waals surface area contributed by atoms with Crippen molar-refractivity contribution in [3.8, 4) is 22.6 Å². The minimum atomic E-state index is -2.09. The fourth-order valence-electron chi connectivity index (χ4n) is 6.37. The number of imidazole rings is 1. The number of nitrogens with zero attached hydrogens (tertiary/aromatic N) is 3. The Hall–Kier alpha value is -4.31. The van der Waals surface area contributed by atoms with Crippen LogP contribution in [-0.2, 0) is 33.1 Å². The maximum atomic E-state index is 7.23. The van der Waals surface area contributed by atoms with Crippen LogP contribution in [0.2, 0.25) is 0 Å². The van der Waals surface area contributed by atoms with Crippen LogP contribution in [-0.4, -0.2) is 14.5 Å². The van der Waals surface area contributed by atoms with Gasteiger partial charge in [0.05, 0.1) is 16.9 Å². The summed E-state index contributed by atoms with van der Waals surface area (Å²) < 4.78 is 30.0. The van der Waals surface area contributed by atoms with Gasteiger partial charge in [-0.1, -0.05) is 119 Å². The zero-order valence-corrected chi connectivity index (χ0v) is 31.4. The van der Waals surface area contributed by atoms with Crippen LogP contribution in [0, 0.1) is 25.1 Å². The van der Waals surface area contributed by atoms with Crippen LogP contribution >= 0.6 is 0 Å². The molecule has 3 heterocycles. The molecule has 1 radical (unpaired) electrons. The fourth-order valence-corrected chi connectivity index (χ4v) is 6.37. The Balaban J connectivity index is 0.000000258. The van der Waals surface area contributed by atoms with Gasteiger partial charge < -0.3 is 14.0 Å². The first-order valence-corrected chi connectivity index (χ1v) is 16.8. The van der Waals surface area contributed by atoms with Crippen molar-refractivity contribution in [2.45, 2.75) is 73.2 Å². The van der Waals surface area contributed by atoms with E-state index in [0.717, 1.165) is 57.6 Å². The molecule has 3 aromatic heterocycles. The van der Waals surface area contributed by atoms with E-state index in [-0.39, 0.29) is 25.7 Å². The first kappa shape index (κ1) is 31.9. The summed E-state index contributed by atoms with van der Waals surface area (Å²) in [6.07, 6.45) is 5.64. The van der Waals surface area contributed by atoms with E-state index in [0.29, 0.717) is 17.8 Å². The van der Waals surface area contributed by atoms with Crippen molar-refractivity contribution in [3.63, 3.8) is 0 Å². The van der Waals surface area contributed by atoms with Crippen molar-refractivity contribution in [2.24, 2.45) is 5.92 Å². The van der Waals surface area contributed by atoms with E-state index < -0.39 is 6.85 Å². The molecule has 0 aliphatic carbocycles. The second-order valence-corrected chi connectivity index (χ2v) is 13.5. The van der Waals surface area contributed by atoms with Gasteiger partial charge in [-0.3, -0.25) is 4.98 Å². The Labute approximate surface area is 309 Å². The average molecular weight is 827 g/mol. The molecule has 7 rings (SSSR count).